The molecule has 1 saturated carbocycles. The quantitative estimate of drug-likeness (QED) is 0.899. The maximum atomic E-state index is 10.2. The van der Waals surface area contributed by atoms with E-state index >= 15 is 0 Å². The van der Waals surface area contributed by atoms with Crippen molar-refractivity contribution in [2.24, 2.45) is 5.92 Å². The van der Waals surface area contributed by atoms with Gasteiger partial charge in [-0.25, -0.2) is 0 Å². The smallest absolute Gasteiger partial charge is 0.179 e. The van der Waals surface area contributed by atoms with Gasteiger partial charge in [-0.3, -0.25) is 0 Å². The van der Waals surface area contributed by atoms with Crippen molar-refractivity contribution >= 4 is 11.6 Å². The second kappa shape index (κ2) is 5.15. The summed E-state index contributed by atoms with van der Waals surface area (Å²) in [6.07, 6.45) is 2.89. The average molecular weight is 257 g/mol. The number of halogens is 1. The van der Waals surface area contributed by atoms with E-state index in [-0.39, 0.29) is 0 Å². The lowest BCUT2D eigenvalue weighted by Crippen LogP contribution is -2.20. The lowest BCUT2D eigenvalue weighted by Gasteiger charge is -2.30. The van der Waals surface area contributed by atoms with E-state index in [1.54, 1.807) is 26.4 Å². The molecular weight excluding hydrogens is 240 g/mol. The summed E-state index contributed by atoms with van der Waals surface area (Å²) in [6.45, 7) is 0. The van der Waals surface area contributed by atoms with Crippen molar-refractivity contribution in [2.75, 3.05) is 14.2 Å². The second-order valence-corrected chi connectivity index (χ2v) is 4.78. The fraction of sp³-hybridized carbons (Fsp3) is 0.538. The number of hydrogen-bond acceptors (Lipinski definition) is 3. The average Bonchev–Trinajstić information content (AvgIpc) is 2.25. The molecule has 0 saturated heterocycles. The van der Waals surface area contributed by atoms with Crippen molar-refractivity contribution in [3.63, 3.8) is 0 Å². The van der Waals surface area contributed by atoms with Gasteiger partial charge in [-0.2, -0.15) is 0 Å². The summed E-state index contributed by atoms with van der Waals surface area (Å²) in [6, 6.07) is 3.56. The molecule has 1 fully saturated rings. The molecule has 0 amide bonds. The van der Waals surface area contributed by atoms with E-state index < -0.39 is 6.10 Å². The molecule has 4 heteroatoms. The third-order valence-corrected chi connectivity index (χ3v) is 3.67. The lowest BCUT2D eigenvalue weighted by molar-refractivity contribution is 0.0619. The van der Waals surface area contributed by atoms with E-state index in [9.17, 15) is 5.11 Å². The topological polar surface area (TPSA) is 38.7 Å². The van der Waals surface area contributed by atoms with E-state index in [2.05, 4.69) is 0 Å². The molecule has 0 spiro atoms. The first-order valence-electron chi connectivity index (χ1n) is 5.77. The first-order chi connectivity index (χ1) is 8.17. The summed E-state index contributed by atoms with van der Waals surface area (Å²) in [7, 11) is 3.11. The zero-order valence-corrected chi connectivity index (χ0v) is 10.8. The minimum atomic E-state index is -0.457. The van der Waals surface area contributed by atoms with Crippen LogP contribution < -0.4 is 9.47 Å². The Balaban J connectivity index is 2.31. The van der Waals surface area contributed by atoms with E-state index in [0.29, 0.717) is 22.4 Å². The zero-order valence-electron chi connectivity index (χ0n) is 10.1. The van der Waals surface area contributed by atoms with Crippen molar-refractivity contribution in [1.29, 1.82) is 0 Å². The van der Waals surface area contributed by atoms with Crippen LogP contribution in [0.15, 0.2) is 12.1 Å². The predicted molar refractivity (Wildman–Crippen MR) is 66.9 cm³/mol. The third-order valence-electron chi connectivity index (χ3n) is 3.39. The molecule has 1 aromatic rings. The maximum Gasteiger partial charge on any atom is 0.179 e. The fourth-order valence-corrected chi connectivity index (χ4v) is 2.43. The highest BCUT2D eigenvalue weighted by Gasteiger charge is 2.28. The Morgan fingerprint density at radius 3 is 2.47 bits per heavy atom. The number of rotatable bonds is 4. The number of aliphatic hydroxyl groups excluding tert-OH is 1. The summed E-state index contributed by atoms with van der Waals surface area (Å²) >= 11 is 6.11. The van der Waals surface area contributed by atoms with Crippen molar-refractivity contribution < 1.29 is 14.6 Å². The van der Waals surface area contributed by atoms with Crippen LogP contribution in [0, 0.1) is 5.92 Å². The molecule has 1 aromatic carbocycles. The van der Waals surface area contributed by atoms with Crippen LogP contribution in [0.3, 0.4) is 0 Å². The maximum absolute atomic E-state index is 10.2. The van der Waals surface area contributed by atoms with Crippen molar-refractivity contribution in [2.45, 2.75) is 25.4 Å². The summed E-state index contributed by atoms with van der Waals surface area (Å²) in [5.41, 5.74) is 0.803. The van der Waals surface area contributed by atoms with Gasteiger partial charge < -0.3 is 14.6 Å². The number of aliphatic hydroxyl groups is 1. The molecule has 3 nitrogen and oxygen atoms in total. The van der Waals surface area contributed by atoms with Gasteiger partial charge in [0, 0.05) is 0 Å². The molecule has 0 radical (unpaired) electrons. The second-order valence-electron chi connectivity index (χ2n) is 4.37. The van der Waals surface area contributed by atoms with Gasteiger partial charge in [-0.1, -0.05) is 18.0 Å². The van der Waals surface area contributed by atoms with E-state index in [0.717, 1.165) is 18.4 Å². The highest BCUT2D eigenvalue weighted by molar-refractivity contribution is 6.32. The Morgan fingerprint density at radius 1 is 1.29 bits per heavy atom. The Labute approximate surface area is 106 Å². The van der Waals surface area contributed by atoms with E-state index in [4.69, 9.17) is 21.1 Å². The number of ether oxygens (including phenoxy) is 2. The first-order valence-corrected chi connectivity index (χ1v) is 6.14. The Morgan fingerprint density at radius 2 is 2.00 bits per heavy atom. The molecular formula is C13H17ClO3. The molecule has 94 valence electrons. The molecule has 0 heterocycles. The van der Waals surface area contributed by atoms with Gasteiger partial charge in [-0.15, -0.1) is 0 Å². The third kappa shape index (κ3) is 2.35. The van der Waals surface area contributed by atoms with E-state index in [1.807, 2.05) is 0 Å². The molecule has 0 aromatic heterocycles. The van der Waals surface area contributed by atoms with Crippen molar-refractivity contribution in [3.8, 4) is 11.5 Å². The largest absolute Gasteiger partial charge is 0.493 e. The van der Waals surface area contributed by atoms with Crippen LogP contribution in [0.1, 0.15) is 30.9 Å². The van der Waals surface area contributed by atoms with Crippen LogP contribution in [0.5, 0.6) is 11.5 Å². The monoisotopic (exact) mass is 256 g/mol. The van der Waals surface area contributed by atoms with Crippen LogP contribution in [-0.4, -0.2) is 19.3 Å². The summed E-state index contributed by atoms with van der Waals surface area (Å²) in [5, 5.41) is 10.7. The Bertz CT molecular complexity index is 402. The van der Waals surface area contributed by atoms with Crippen LogP contribution in [-0.2, 0) is 0 Å². The zero-order chi connectivity index (χ0) is 12.4. The van der Waals surface area contributed by atoms with Crippen LogP contribution >= 0.6 is 11.6 Å². The number of benzene rings is 1. The standard InChI is InChI=1S/C13H17ClO3/c1-16-11-7-9(6-10(14)13(11)17-2)12(15)8-4-3-5-8/h6-8,12,15H,3-5H2,1-2H3. The highest BCUT2D eigenvalue weighted by Crippen LogP contribution is 2.42. The SMILES string of the molecule is COc1cc(C(O)C2CCC2)cc(Cl)c1OC. The van der Waals surface area contributed by atoms with Gasteiger partial charge in [0.1, 0.15) is 0 Å². The molecule has 1 atom stereocenters. The van der Waals surface area contributed by atoms with Gasteiger partial charge in [0.25, 0.3) is 0 Å². The van der Waals surface area contributed by atoms with Crippen molar-refractivity contribution in [3.05, 3.63) is 22.7 Å². The predicted octanol–water partition coefficient (Wildman–Crippen LogP) is 3.19. The van der Waals surface area contributed by atoms with Gasteiger partial charge in [0.15, 0.2) is 11.5 Å². The highest BCUT2D eigenvalue weighted by atomic mass is 35.5. The Hall–Kier alpha value is -0.930. The van der Waals surface area contributed by atoms with Gasteiger partial charge in [0.2, 0.25) is 0 Å². The molecule has 1 aliphatic carbocycles. The number of methoxy groups -OCH3 is 2. The molecule has 1 N–H and O–H groups in total. The lowest BCUT2D eigenvalue weighted by atomic mass is 9.79. The van der Waals surface area contributed by atoms with Gasteiger partial charge in [0.05, 0.1) is 25.3 Å². The molecule has 0 bridgehead atoms. The van der Waals surface area contributed by atoms with Gasteiger partial charge in [-0.05, 0) is 36.5 Å². The van der Waals surface area contributed by atoms with Crippen LogP contribution in [0.2, 0.25) is 5.02 Å². The summed E-state index contributed by atoms with van der Waals surface area (Å²) < 4.78 is 10.4. The van der Waals surface area contributed by atoms with Crippen molar-refractivity contribution in [1.82, 2.24) is 0 Å². The number of hydrogen-bond donors (Lipinski definition) is 1. The van der Waals surface area contributed by atoms with Crippen LogP contribution in [0.4, 0.5) is 0 Å². The summed E-state index contributed by atoms with van der Waals surface area (Å²) in [5.74, 6) is 1.43. The van der Waals surface area contributed by atoms with Crippen LogP contribution in [0.25, 0.3) is 0 Å². The molecule has 2 rings (SSSR count). The Kier molecular flexibility index (Phi) is 3.79. The molecule has 1 unspecified atom stereocenters. The molecule has 0 aliphatic heterocycles. The normalized spacial score (nSPS) is 17.4. The van der Waals surface area contributed by atoms with E-state index in [1.165, 1.54) is 6.42 Å². The van der Waals surface area contributed by atoms with Gasteiger partial charge >= 0.3 is 0 Å². The minimum absolute atomic E-state index is 0.351. The molecule has 17 heavy (non-hydrogen) atoms. The summed E-state index contributed by atoms with van der Waals surface area (Å²) in [4.78, 5) is 0. The fourth-order valence-electron chi connectivity index (χ4n) is 2.14. The minimum Gasteiger partial charge on any atom is -0.493 e. The molecule has 1 aliphatic rings. The first kappa shape index (κ1) is 12.5.